The van der Waals surface area contributed by atoms with Crippen LogP contribution in [0.25, 0.3) is 27.9 Å². The van der Waals surface area contributed by atoms with Crippen LogP contribution in [0.15, 0.2) is 24.5 Å². The fourth-order valence-electron chi connectivity index (χ4n) is 3.68. The molecule has 0 radical (unpaired) electrons. The van der Waals surface area contributed by atoms with Gasteiger partial charge in [-0.2, -0.15) is 18.3 Å². The van der Waals surface area contributed by atoms with Crippen molar-refractivity contribution in [2.45, 2.75) is 25.1 Å². The molecule has 0 bridgehead atoms. The van der Waals surface area contributed by atoms with E-state index in [9.17, 15) is 18.3 Å². The zero-order valence-electron chi connectivity index (χ0n) is 15.5. The van der Waals surface area contributed by atoms with Crippen LogP contribution in [0.4, 0.5) is 19.1 Å². The number of nitrogens with one attached hydrogen (secondary N) is 3. The highest BCUT2D eigenvalue weighted by Gasteiger charge is 2.37. The molecule has 1 saturated heterocycles. The normalized spacial score (nSPS) is 17.6. The predicted octanol–water partition coefficient (Wildman–Crippen LogP) is 2.56. The molecule has 4 aromatic heterocycles. The molecule has 9 nitrogen and oxygen atoms in total. The fraction of sp³-hybridized carbons (Fsp3) is 0.333. The first-order valence-corrected chi connectivity index (χ1v) is 9.37. The smallest absolute Gasteiger partial charge is 0.420 e. The van der Waals surface area contributed by atoms with Gasteiger partial charge in [-0.15, -0.1) is 5.10 Å². The van der Waals surface area contributed by atoms with Gasteiger partial charge in [0.05, 0.1) is 17.1 Å². The number of fused-ring (bicyclic) bond motifs is 3. The maximum absolute atomic E-state index is 13.7. The van der Waals surface area contributed by atoms with Gasteiger partial charge in [-0.1, -0.05) is 0 Å². The summed E-state index contributed by atoms with van der Waals surface area (Å²) in [6, 6.07) is 3.02. The summed E-state index contributed by atoms with van der Waals surface area (Å²) >= 11 is 0. The summed E-state index contributed by atoms with van der Waals surface area (Å²) < 4.78 is 42.5. The average molecular weight is 418 g/mol. The maximum Gasteiger partial charge on any atom is 0.420 e. The van der Waals surface area contributed by atoms with Crippen LogP contribution in [0.3, 0.4) is 0 Å². The molecule has 0 amide bonds. The minimum atomic E-state index is -4.66. The van der Waals surface area contributed by atoms with Crippen LogP contribution in [0.2, 0.25) is 0 Å². The van der Waals surface area contributed by atoms with Gasteiger partial charge in [0, 0.05) is 18.8 Å². The molecule has 0 saturated carbocycles. The second kappa shape index (κ2) is 6.83. The third-order valence-electron chi connectivity index (χ3n) is 5.07. The summed E-state index contributed by atoms with van der Waals surface area (Å²) in [5, 5.41) is 27.3. The Morgan fingerprint density at radius 3 is 2.87 bits per heavy atom. The Kier molecular flexibility index (Phi) is 4.24. The standard InChI is InChI=1S/C18H17F3N8O/c19-18(20,21)11-7-23-17(24-9-2-1-5-22-6-9)25-14(11)15-13-12-4-3-10(30)8-29(12)28-16(13)27-26-15/h3-4,7-9,22,30H,1-2,5-6H2,(H,27,28)(H,23,24,25)/t9-/m0/s1. The summed E-state index contributed by atoms with van der Waals surface area (Å²) in [6.07, 6.45) is -0.691. The van der Waals surface area contributed by atoms with Gasteiger partial charge in [0.15, 0.2) is 5.65 Å². The number of alkyl halides is 3. The van der Waals surface area contributed by atoms with Crippen molar-refractivity contribution in [1.29, 1.82) is 0 Å². The number of nitrogens with zero attached hydrogens (tertiary/aromatic N) is 5. The molecule has 5 heterocycles. The lowest BCUT2D eigenvalue weighted by molar-refractivity contribution is -0.137. The first-order valence-electron chi connectivity index (χ1n) is 9.37. The second-order valence-electron chi connectivity index (χ2n) is 7.15. The summed E-state index contributed by atoms with van der Waals surface area (Å²) in [6.45, 7) is 1.59. The van der Waals surface area contributed by atoms with E-state index in [4.69, 9.17) is 0 Å². The van der Waals surface area contributed by atoms with Gasteiger partial charge < -0.3 is 15.7 Å². The molecule has 12 heteroatoms. The molecule has 156 valence electrons. The number of pyridine rings is 1. The molecule has 1 atom stereocenters. The molecule has 4 N–H and O–H groups in total. The molecule has 0 aliphatic carbocycles. The van der Waals surface area contributed by atoms with Gasteiger partial charge in [-0.05, 0) is 31.5 Å². The van der Waals surface area contributed by atoms with E-state index < -0.39 is 11.7 Å². The molecule has 1 fully saturated rings. The molecule has 0 aromatic carbocycles. The SMILES string of the molecule is Oc1ccc2c3c(-c4nc(N[C@H]5CCCNC5)ncc4C(F)(F)F)n[nH]c3nn2c1. The lowest BCUT2D eigenvalue weighted by atomic mass is 10.1. The van der Waals surface area contributed by atoms with Crippen LogP contribution in [0.1, 0.15) is 18.4 Å². The van der Waals surface area contributed by atoms with Crippen molar-refractivity contribution in [2.75, 3.05) is 18.4 Å². The first kappa shape index (κ1) is 18.6. The third-order valence-corrected chi connectivity index (χ3v) is 5.07. The van der Waals surface area contributed by atoms with Gasteiger partial charge in [0.25, 0.3) is 0 Å². The molecule has 0 unspecified atom stereocenters. The summed E-state index contributed by atoms with van der Waals surface area (Å²) in [7, 11) is 0. The number of halogens is 3. The van der Waals surface area contributed by atoms with E-state index in [0.29, 0.717) is 17.4 Å². The Labute approximate surface area is 167 Å². The molecule has 30 heavy (non-hydrogen) atoms. The zero-order chi connectivity index (χ0) is 20.9. The number of H-pyrrole nitrogens is 1. The number of piperidine rings is 1. The van der Waals surface area contributed by atoms with Gasteiger partial charge >= 0.3 is 6.18 Å². The Bertz CT molecular complexity index is 1230. The van der Waals surface area contributed by atoms with Crippen molar-refractivity contribution in [3.05, 3.63) is 30.1 Å². The summed E-state index contributed by atoms with van der Waals surface area (Å²) in [4.78, 5) is 8.08. The Balaban J connectivity index is 1.66. The lowest BCUT2D eigenvalue weighted by Gasteiger charge is -2.24. The molecule has 1 aliphatic heterocycles. The first-order chi connectivity index (χ1) is 14.4. The van der Waals surface area contributed by atoms with Crippen LogP contribution >= 0.6 is 0 Å². The largest absolute Gasteiger partial charge is 0.506 e. The average Bonchev–Trinajstić information content (AvgIpc) is 3.26. The van der Waals surface area contributed by atoms with E-state index in [2.05, 4.69) is 35.9 Å². The van der Waals surface area contributed by atoms with Gasteiger partial charge in [0.2, 0.25) is 5.95 Å². The highest BCUT2D eigenvalue weighted by Crippen LogP contribution is 2.38. The van der Waals surface area contributed by atoms with Crippen molar-refractivity contribution in [3.8, 4) is 17.1 Å². The number of aromatic hydroxyl groups is 1. The van der Waals surface area contributed by atoms with Gasteiger partial charge in [-0.3, -0.25) is 5.10 Å². The van der Waals surface area contributed by atoms with E-state index in [-0.39, 0.29) is 34.8 Å². The number of rotatable bonds is 3. The van der Waals surface area contributed by atoms with Crippen molar-refractivity contribution in [3.63, 3.8) is 0 Å². The highest BCUT2D eigenvalue weighted by molar-refractivity contribution is 6.02. The number of anilines is 1. The number of aromatic amines is 1. The number of hydrogen-bond acceptors (Lipinski definition) is 7. The topological polar surface area (TPSA) is 116 Å². The number of aromatic nitrogens is 6. The monoisotopic (exact) mass is 418 g/mol. The maximum atomic E-state index is 13.7. The summed E-state index contributed by atoms with van der Waals surface area (Å²) in [5.41, 5.74) is -0.526. The Morgan fingerprint density at radius 1 is 1.23 bits per heavy atom. The molecule has 1 aliphatic rings. The Morgan fingerprint density at radius 2 is 2.10 bits per heavy atom. The van der Waals surface area contributed by atoms with E-state index in [0.717, 1.165) is 25.6 Å². The molecular weight excluding hydrogens is 401 g/mol. The molecule has 4 aromatic rings. The predicted molar refractivity (Wildman–Crippen MR) is 102 cm³/mol. The van der Waals surface area contributed by atoms with Crippen LogP contribution in [0, 0.1) is 0 Å². The fourth-order valence-corrected chi connectivity index (χ4v) is 3.68. The highest BCUT2D eigenvalue weighted by atomic mass is 19.4. The van der Waals surface area contributed by atoms with Gasteiger partial charge in [-0.25, -0.2) is 14.5 Å². The van der Waals surface area contributed by atoms with Crippen LogP contribution in [-0.2, 0) is 6.18 Å². The second-order valence-corrected chi connectivity index (χ2v) is 7.15. The van der Waals surface area contributed by atoms with E-state index in [1.807, 2.05) is 0 Å². The van der Waals surface area contributed by atoms with Crippen LogP contribution < -0.4 is 10.6 Å². The van der Waals surface area contributed by atoms with Crippen LogP contribution in [-0.4, -0.2) is 54.0 Å². The minimum Gasteiger partial charge on any atom is -0.506 e. The number of hydrogen-bond donors (Lipinski definition) is 4. The quantitative estimate of drug-likeness (QED) is 0.404. The minimum absolute atomic E-state index is 0.0187. The zero-order valence-corrected chi connectivity index (χ0v) is 15.5. The van der Waals surface area contributed by atoms with Crippen LogP contribution in [0.5, 0.6) is 5.75 Å². The molecular formula is C18H17F3N8O. The third kappa shape index (κ3) is 3.18. The van der Waals surface area contributed by atoms with Gasteiger partial charge in [0.1, 0.15) is 22.7 Å². The lowest BCUT2D eigenvalue weighted by Crippen LogP contribution is -2.38. The Hall–Kier alpha value is -3.41. The van der Waals surface area contributed by atoms with E-state index in [1.165, 1.54) is 16.8 Å². The summed E-state index contributed by atoms with van der Waals surface area (Å²) in [5.74, 6) is 0.0877. The van der Waals surface area contributed by atoms with Crippen molar-refractivity contribution >= 4 is 22.5 Å². The van der Waals surface area contributed by atoms with E-state index >= 15 is 0 Å². The van der Waals surface area contributed by atoms with Crippen molar-refractivity contribution in [2.24, 2.45) is 0 Å². The van der Waals surface area contributed by atoms with Crippen molar-refractivity contribution in [1.82, 2.24) is 35.1 Å². The molecule has 5 rings (SSSR count). The van der Waals surface area contributed by atoms with E-state index in [1.54, 1.807) is 6.07 Å². The molecule has 0 spiro atoms. The van der Waals surface area contributed by atoms with Crippen molar-refractivity contribution < 1.29 is 18.3 Å².